The van der Waals surface area contributed by atoms with Crippen molar-refractivity contribution in [1.82, 2.24) is 9.62 Å². The number of hydrogen-bond acceptors (Lipinski definition) is 3. The molecule has 0 saturated heterocycles. The third-order valence-electron chi connectivity index (χ3n) is 5.28. The molecular weight excluding hydrogens is 318 g/mol. The number of urea groups is 1. The number of rotatable bonds is 7. The van der Waals surface area contributed by atoms with E-state index in [9.17, 15) is 4.79 Å². The minimum Gasteiger partial charge on any atom is -0.307 e. The molecule has 0 radical (unpaired) electrons. The molecule has 0 heterocycles. The van der Waals surface area contributed by atoms with Crippen LogP contribution in [0.25, 0.3) is 0 Å². The second-order valence-corrected chi connectivity index (χ2v) is 7.57. The van der Waals surface area contributed by atoms with Crippen molar-refractivity contribution in [3.63, 3.8) is 0 Å². The average Bonchev–Trinajstić information content (AvgIpc) is 3.23. The van der Waals surface area contributed by atoms with Crippen molar-refractivity contribution in [2.75, 3.05) is 30.7 Å². The second kappa shape index (κ2) is 8.26. The van der Waals surface area contributed by atoms with Crippen LogP contribution >= 0.6 is 11.9 Å². The Labute approximate surface area is 149 Å². The maximum absolute atomic E-state index is 12.3. The SMILES string of the molecule is CCN(CC)CCSNC(=O)Nc1c2c(cc3c1CCC3)CCC2. The predicted octanol–water partition coefficient (Wildman–Crippen LogP) is 3.78. The highest BCUT2D eigenvalue weighted by atomic mass is 32.2. The van der Waals surface area contributed by atoms with E-state index in [4.69, 9.17) is 0 Å². The van der Waals surface area contributed by atoms with Gasteiger partial charge in [0, 0.05) is 18.0 Å². The molecular formula is C19H29N3OS. The summed E-state index contributed by atoms with van der Waals surface area (Å²) in [4.78, 5) is 14.7. The van der Waals surface area contributed by atoms with Crippen molar-refractivity contribution < 1.29 is 4.79 Å². The van der Waals surface area contributed by atoms with Crippen molar-refractivity contribution in [2.24, 2.45) is 0 Å². The van der Waals surface area contributed by atoms with Crippen LogP contribution in [0.3, 0.4) is 0 Å². The Morgan fingerprint density at radius 3 is 2.29 bits per heavy atom. The molecule has 0 aliphatic heterocycles. The lowest BCUT2D eigenvalue weighted by atomic mass is 9.99. The first-order valence-corrected chi connectivity index (χ1v) is 10.3. The molecule has 3 rings (SSSR count). The number of amides is 2. The van der Waals surface area contributed by atoms with E-state index in [1.54, 1.807) is 0 Å². The van der Waals surface area contributed by atoms with E-state index in [2.05, 4.69) is 34.9 Å². The smallest absolute Gasteiger partial charge is 0.307 e. The molecule has 0 bridgehead atoms. The van der Waals surface area contributed by atoms with Crippen molar-refractivity contribution in [3.05, 3.63) is 28.3 Å². The monoisotopic (exact) mass is 347 g/mol. The van der Waals surface area contributed by atoms with Gasteiger partial charge >= 0.3 is 6.03 Å². The number of carbonyl (C=O) groups excluding carboxylic acids is 1. The first-order chi connectivity index (χ1) is 11.7. The fraction of sp³-hybridized carbons (Fsp3) is 0.632. The summed E-state index contributed by atoms with van der Waals surface area (Å²) < 4.78 is 2.96. The molecule has 0 saturated carbocycles. The zero-order chi connectivity index (χ0) is 16.9. The van der Waals surface area contributed by atoms with Crippen molar-refractivity contribution >= 4 is 23.7 Å². The van der Waals surface area contributed by atoms with Crippen LogP contribution in [0.2, 0.25) is 0 Å². The van der Waals surface area contributed by atoms with E-state index in [1.165, 1.54) is 47.0 Å². The molecule has 2 N–H and O–H groups in total. The van der Waals surface area contributed by atoms with Crippen LogP contribution in [0.4, 0.5) is 10.5 Å². The average molecular weight is 348 g/mol. The highest BCUT2D eigenvalue weighted by molar-refractivity contribution is 7.97. The molecule has 1 aromatic rings. The number of benzene rings is 1. The molecule has 2 aliphatic carbocycles. The third kappa shape index (κ3) is 3.89. The number of nitrogens with one attached hydrogen (secondary N) is 2. The highest BCUT2D eigenvalue weighted by Crippen LogP contribution is 2.38. The number of hydrogen-bond donors (Lipinski definition) is 2. The summed E-state index contributed by atoms with van der Waals surface area (Å²) in [5, 5.41) is 3.17. The summed E-state index contributed by atoms with van der Waals surface area (Å²) in [5.41, 5.74) is 6.82. The highest BCUT2D eigenvalue weighted by Gasteiger charge is 2.24. The van der Waals surface area contributed by atoms with Crippen LogP contribution in [-0.2, 0) is 25.7 Å². The summed E-state index contributed by atoms with van der Waals surface area (Å²) in [6.45, 7) is 7.47. The van der Waals surface area contributed by atoms with E-state index in [-0.39, 0.29) is 6.03 Å². The Hall–Kier alpha value is -1.20. The standard InChI is InChI=1S/C19H29N3OS/c1-3-22(4-2)11-12-24-21-19(23)20-18-16-9-5-7-14(16)13-15-8-6-10-17(15)18/h13H,3-12H2,1-2H3,(H2,20,21,23). The van der Waals surface area contributed by atoms with Crippen molar-refractivity contribution in [1.29, 1.82) is 0 Å². The lowest BCUT2D eigenvalue weighted by Crippen LogP contribution is -2.29. The van der Waals surface area contributed by atoms with Gasteiger partial charge in [0.2, 0.25) is 0 Å². The Balaban J connectivity index is 1.57. The van der Waals surface area contributed by atoms with E-state index < -0.39 is 0 Å². The lowest BCUT2D eigenvalue weighted by Gasteiger charge is -2.18. The van der Waals surface area contributed by atoms with E-state index >= 15 is 0 Å². The van der Waals surface area contributed by atoms with Crippen LogP contribution < -0.4 is 10.0 Å². The van der Waals surface area contributed by atoms with Gasteiger partial charge in [-0.05, 0) is 85.8 Å². The molecule has 5 heteroatoms. The molecule has 0 unspecified atom stereocenters. The third-order valence-corrected chi connectivity index (χ3v) is 6.00. The predicted molar refractivity (Wildman–Crippen MR) is 103 cm³/mol. The normalized spacial score (nSPS) is 15.5. The number of aryl methyl sites for hydroxylation is 2. The number of carbonyl (C=O) groups is 1. The fourth-order valence-corrected chi connectivity index (χ4v) is 4.57. The maximum atomic E-state index is 12.3. The molecule has 0 aromatic heterocycles. The minimum atomic E-state index is -0.0750. The zero-order valence-electron chi connectivity index (χ0n) is 14.9. The Kier molecular flexibility index (Phi) is 6.06. The van der Waals surface area contributed by atoms with Gasteiger partial charge in [-0.3, -0.25) is 4.72 Å². The lowest BCUT2D eigenvalue weighted by molar-refractivity contribution is 0.257. The second-order valence-electron chi connectivity index (χ2n) is 6.67. The van der Waals surface area contributed by atoms with Gasteiger partial charge in [0.15, 0.2) is 0 Å². The van der Waals surface area contributed by atoms with Crippen LogP contribution in [-0.4, -0.2) is 36.3 Å². The van der Waals surface area contributed by atoms with Gasteiger partial charge in [-0.25, -0.2) is 4.79 Å². The first kappa shape index (κ1) is 17.6. The number of nitrogens with zero attached hydrogens (tertiary/aromatic N) is 1. The van der Waals surface area contributed by atoms with Gasteiger partial charge in [0.05, 0.1) is 0 Å². The van der Waals surface area contributed by atoms with Crippen LogP contribution in [0.5, 0.6) is 0 Å². The molecule has 2 aliphatic rings. The van der Waals surface area contributed by atoms with Crippen LogP contribution in [0, 0.1) is 0 Å². The molecule has 0 spiro atoms. The van der Waals surface area contributed by atoms with E-state index in [1.807, 2.05) is 0 Å². The number of anilines is 1. The quantitative estimate of drug-likeness (QED) is 0.583. The molecule has 132 valence electrons. The Bertz CT molecular complexity index is 567. The molecule has 1 aromatic carbocycles. The van der Waals surface area contributed by atoms with Gasteiger partial charge in [0.25, 0.3) is 0 Å². The van der Waals surface area contributed by atoms with Gasteiger partial charge in [-0.15, -0.1) is 0 Å². The molecule has 2 amide bonds. The molecule has 0 atom stereocenters. The summed E-state index contributed by atoms with van der Waals surface area (Å²) in [6, 6.07) is 2.32. The molecule has 24 heavy (non-hydrogen) atoms. The van der Waals surface area contributed by atoms with Gasteiger partial charge in [-0.1, -0.05) is 19.9 Å². The largest absolute Gasteiger partial charge is 0.329 e. The van der Waals surface area contributed by atoms with Gasteiger partial charge in [-0.2, -0.15) is 0 Å². The fourth-order valence-electron chi connectivity index (χ4n) is 3.94. The Morgan fingerprint density at radius 1 is 1.08 bits per heavy atom. The summed E-state index contributed by atoms with van der Waals surface area (Å²) in [7, 11) is 0. The topological polar surface area (TPSA) is 44.4 Å². The van der Waals surface area contributed by atoms with Crippen molar-refractivity contribution in [2.45, 2.75) is 52.4 Å². The van der Waals surface area contributed by atoms with Gasteiger partial charge < -0.3 is 10.2 Å². The number of fused-ring (bicyclic) bond motifs is 2. The summed E-state index contributed by atoms with van der Waals surface area (Å²) >= 11 is 1.50. The van der Waals surface area contributed by atoms with Crippen LogP contribution in [0.15, 0.2) is 6.07 Å². The van der Waals surface area contributed by atoms with Gasteiger partial charge in [0.1, 0.15) is 0 Å². The van der Waals surface area contributed by atoms with E-state index in [0.29, 0.717) is 0 Å². The van der Waals surface area contributed by atoms with Crippen LogP contribution in [0.1, 0.15) is 48.9 Å². The maximum Gasteiger partial charge on any atom is 0.329 e. The first-order valence-electron chi connectivity index (χ1n) is 9.30. The minimum absolute atomic E-state index is 0.0750. The summed E-state index contributed by atoms with van der Waals surface area (Å²) in [5.74, 6) is 0.917. The zero-order valence-corrected chi connectivity index (χ0v) is 15.7. The summed E-state index contributed by atoms with van der Waals surface area (Å²) in [6.07, 6.45) is 6.97. The molecule has 0 fully saturated rings. The van der Waals surface area contributed by atoms with E-state index in [0.717, 1.165) is 56.8 Å². The Morgan fingerprint density at radius 2 is 1.71 bits per heavy atom. The molecule has 4 nitrogen and oxygen atoms in total. The van der Waals surface area contributed by atoms with Crippen molar-refractivity contribution in [3.8, 4) is 0 Å².